The normalized spacial score (nSPS) is 23.7. The van der Waals surface area contributed by atoms with Gasteiger partial charge in [-0.15, -0.1) is 0 Å². The van der Waals surface area contributed by atoms with Crippen molar-refractivity contribution < 1.29 is 17.9 Å². The molecule has 1 N–H and O–H groups in total. The topological polar surface area (TPSA) is 81.4 Å². The number of hydrogen-bond acceptors (Lipinski definition) is 4. The molecule has 1 aromatic carbocycles. The van der Waals surface area contributed by atoms with Crippen LogP contribution in [0.3, 0.4) is 0 Å². The minimum atomic E-state index is -3.99. The largest absolute Gasteiger partial charge is 0.395 e. The Hall–Kier alpha value is -1.49. The van der Waals surface area contributed by atoms with Gasteiger partial charge in [-0.25, -0.2) is 12.8 Å². The van der Waals surface area contributed by atoms with Crippen molar-refractivity contribution in [2.45, 2.75) is 24.3 Å². The summed E-state index contributed by atoms with van der Waals surface area (Å²) in [5.41, 5.74) is -0.483. The van der Waals surface area contributed by atoms with E-state index in [0.717, 1.165) is 10.4 Å². The van der Waals surface area contributed by atoms with Gasteiger partial charge < -0.3 is 5.11 Å². The summed E-state index contributed by atoms with van der Waals surface area (Å²) in [5.74, 6) is -0.838. The highest BCUT2D eigenvalue weighted by atomic mass is 32.2. The van der Waals surface area contributed by atoms with Gasteiger partial charge in [-0.1, -0.05) is 13.0 Å². The first-order valence-electron chi connectivity index (χ1n) is 6.24. The highest BCUT2D eigenvalue weighted by Gasteiger charge is 2.40. The number of benzene rings is 1. The molecular formula is C13H15FN2O3S. The molecule has 2 rings (SSSR count). The molecule has 1 fully saturated rings. The van der Waals surface area contributed by atoms with Crippen molar-refractivity contribution in [2.24, 2.45) is 5.92 Å². The second kappa shape index (κ2) is 5.48. The summed E-state index contributed by atoms with van der Waals surface area (Å²) >= 11 is 0. The van der Waals surface area contributed by atoms with Crippen LogP contribution in [0.4, 0.5) is 4.39 Å². The molecule has 1 aliphatic rings. The fraction of sp³-hybridized carbons (Fsp3) is 0.462. The Morgan fingerprint density at radius 3 is 2.85 bits per heavy atom. The number of nitrogens with zero attached hydrogens (tertiary/aromatic N) is 2. The van der Waals surface area contributed by atoms with Crippen LogP contribution in [0.2, 0.25) is 0 Å². The van der Waals surface area contributed by atoms with Crippen molar-refractivity contribution in [1.29, 1.82) is 5.26 Å². The number of hydrogen-bond donors (Lipinski definition) is 1. The zero-order chi connectivity index (χ0) is 14.9. The van der Waals surface area contributed by atoms with E-state index in [1.54, 1.807) is 6.07 Å². The summed E-state index contributed by atoms with van der Waals surface area (Å²) < 4.78 is 39.9. The van der Waals surface area contributed by atoms with Crippen LogP contribution in [0, 0.1) is 23.1 Å². The maximum atomic E-state index is 13.6. The minimum Gasteiger partial charge on any atom is -0.395 e. The smallest absolute Gasteiger partial charge is 0.244 e. The zero-order valence-electron chi connectivity index (χ0n) is 11.0. The third kappa shape index (κ3) is 2.30. The van der Waals surface area contributed by atoms with Crippen LogP contribution in [0.1, 0.15) is 18.9 Å². The van der Waals surface area contributed by atoms with Crippen molar-refractivity contribution in [3.8, 4) is 6.07 Å². The summed E-state index contributed by atoms with van der Waals surface area (Å²) in [4.78, 5) is -0.340. The molecule has 1 saturated heterocycles. The Balaban J connectivity index is 2.52. The van der Waals surface area contributed by atoms with E-state index in [-0.39, 0.29) is 24.0 Å². The lowest BCUT2D eigenvalue weighted by molar-refractivity contribution is 0.191. The van der Waals surface area contributed by atoms with Gasteiger partial charge in [0.2, 0.25) is 10.0 Å². The van der Waals surface area contributed by atoms with Crippen LogP contribution in [0.5, 0.6) is 0 Å². The number of rotatable bonds is 3. The Morgan fingerprint density at radius 1 is 1.55 bits per heavy atom. The molecule has 2 unspecified atom stereocenters. The van der Waals surface area contributed by atoms with E-state index in [4.69, 9.17) is 5.26 Å². The van der Waals surface area contributed by atoms with Crippen LogP contribution in [0.25, 0.3) is 0 Å². The second-order valence-corrected chi connectivity index (χ2v) is 6.72. The average Bonchev–Trinajstić information content (AvgIpc) is 2.80. The van der Waals surface area contributed by atoms with Crippen LogP contribution in [-0.4, -0.2) is 37.0 Å². The Morgan fingerprint density at radius 2 is 2.25 bits per heavy atom. The molecule has 20 heavy (non-hydrogen) atoms. The molecule has 0 bridgehead atoms. The summed E-state index contributed by atoms with van der Waals surface area (Å²) in [6.45, 7) is 1.82. The maximum absolute atomic E-state index is 13.6. The first kappa shape index (κ1) is 14.9. The summed E-state index contributed by atoms with van der Waals surface area (Å²) in [6, 6.07) is 4.59. The lowest BCUT2D eigenvalue weighted by Crippen LogP contribution is -2.40. The first-order valence-corrected chi connectivity index (χ1v) is 7.68. The Kier molecular flexibility index (Phi) is 4.09. The van der Waals surface area contributed by atoms with Crippen LogP contribution < -0.4 is 0 Å². The summed E-state index contributed by atoms with van der Waals surface area (Å²) in [7, 11) is -3.99. The van der Waals surface area contributed by atoms with Crippen molar-refractivity contribution in [1.82, 2.24) is 4.31 Å². The van der Waals surface area contributed by atoms with E-state index in [1.807, 2.05) is 6.92 Å². The molecular weight excluding hydrogens is 283 g/mol. The monoisotopic (exact) mass is 298 g/mol. The fourth-order valence-corrected chi connectivity index (χ4v) is 4.38. The van der Waals surface area contributed by atoms with Gasteiger partial charge in [0.25, 0.3) is 0 Å². The van der Waals surface area contributed by atoms with E-state index in [2.05, 4.69) is 0 Å². The maximum Gasteiger partial charge on any atom is 0.244 e. The van der Waals surface area contributed by atoms with E-state index in [9.17, 15) is 17.9 Å². The van der Waals surface area contributed by atoms with E-state index >= 15 is 0 Å². The molecule has 5 nitrogen and oxygen atoms in total. The second-order valence-electron chi connectivity index (χ2n) is 4.86. The standard InChI is InChI=1S/C13H15FN2O3S/c1-9-5-6-16(12(9)8-17)20(18,19)13-4-2-3-11(14)10(13)7-15/h2-4,9,12,17H,5-6,8H2,1H3. The molecule has 0 aromatic heterocycles. The van der Waals surface area contributed by atoms with Crippen LogP contribution >= 0.6 is 0 Å². The summed E-state index contributed by atoms with van der Waals surface area (Å²) in [6.07, 6.45) is 0.627. The highest BCUT2D eigenvalue weighted by Crippen LogP contribution is 2.31. The van der Waals surface area contributed by atoms with Gasteiger partial charge in [0.15, 0.2) is 0 Å². The molecule has 108 valence electrons. The van der Waals surface area contributed by atoms with Gasteiger partial charge in [-0.2, -0.15) is 9.57 Å². The molecule has 1 aromatic rings. The number of aliphatic hydroxyl groups excluding tert-OH is 1. The van der Waals surface area contributed by atoms with Crippen molar-refractivity contribution >= 4 is 10.0 Å². The number of aliphatic hydroxyl groups is 1. The van der Waals surface area contributed by atoms with Gasteiger partial charge in [-0.05, 0) is 24.5 Å². The van der Waals surface area contributed by atoms with E-state index < -0.39 is 27.4 Å². The van der Waals surface area contributed by atoms with Crippen molar-refractivity contribution in [3.63, 3.8) is 0 Å². The average molecular weight is 298 g/mol. The third-order valence-electron chi connectivity index (χ3n) is 3.69. The van der Waals surface area contributed by atoms with Crippen molar-refractivity contribution in [2.75, 3.05) is 13.2 Å². The Bertz CT molecular complexity index is 654. The highest BCUT2D eigenvalue weighted by molar-refractivity contribution is 7.89. The predicted octanol–water partition coefficient (Wildman–Crippen LogP) is 1.09. The predicted molar refractivity (Wildman–Crippen MR) is 69.7 cm³/mol. The molecule has 0 amide bonds. The van der Waals surface area contributed by atoms with Gasteiger partial charge in [0.05, 0.1) is 12.6 Å². The Labute approximate surface area is 117 Å². The zero-order valence-corrected chi connectivity index (χ0v) is 11.8. The molecule has 0 aliphatic carbocycles. The SMILES string of the molecule is CC1CCN(S(=O)(=O)c2cccc(F)c2C#N)C1CO. The van der Waals surface area contributed by atoms with Gasteiger partial charge >= 0.3 is 0 Å². The third-order valence-corrected chi connectivity index (χ3v) is 5.66. The number of halogens is 1. The molecule has 1 aliphatic heterocycles. The fourth-order valence-electron chi connectivity index (χ4n) is 2.50. The lowest BCUT2D eigenvalue weighted by Gasteiger charge is -2.24. The molecule has 2 atom stereocenters. The quantitative estimate of drug-likeness (QED) is 0.905. The molecule has 0 saturated carbocycles. The van der Waals surface area contributed by atoms with E-state index in [0.29, 0.717) is 6.42 Å². The van der Waals surface area contributed by atoms with Gasteiger partial charge in [0, 0.05) is 6.54 Å². The lowest BCUT2D eigenvalue weighted by atomic mass is 10.0. The number of sulfonamides is 1. The first-order chi connectivity index (χ1) is 9.43. The molecule has 1 heterocycles. The number of nitriles is 1. The van der Waals surface area contributed by atoms with Gasteiger partial charge in [0.1, 0.15) is 22.3 Å². The van der Waals surface area contributed by atoms with Crippen LogP contribution in [-0.2, 0) is 10.0 Å². The summed E-state index contributed by atoms with van der Waals surface area (Å²) in [5, 5.41) is 18.3. The van der Waals surface area contributed by atoms with Crippen LogP contribution in [0.15, 0.2) is 23.1 Å². The van der Waals surface area contributed by atoms with Gasteiger partial charge in [-0.3, -0.25) is 0 Å². The van der Waals surface area contributed by atoms with Crippen molar-refractivity contribution in [3.05, 3.63) is 29.6 Å². The molecule has 0 radical (unpaired) electrons. The minimum absolute atomic E-state index is 0.0221. The molecule has 0 spiro atoms. The molecule has 7 heteroatoms. The van der Waals surface area contributed by atoms with E-state index in [1.165, 1.54) is 12.1 Å².